The number of aliphatic imine (C=N–C) groups is 1. The molecule has 1 amide bonds. The molecule has 1 saturated carbocycles. The van der Waals surface area contributed by atoms with Crippen LogP contribution in [-0.2, 0) is 6.54 Å². The molecule has 184 valence electrons. The number of nitrogens with one attached hydrogen (secondary N) is 1. The van der Waals surface area contributed by atoms with Crippen molar-refractivity contribution in [2.45, 2.75) is 37.9 Å². The van der Waals surface area contributed by atoms with Gasteiger partial charge in [-0.1, -0.05) is 42.5 Å². The van der Waals surface area contributed by atoms with Crippen LogP contribution in [0.3, 0.4) is 0 Å². The van der Waals surface area contributed by atoms with Crippen molar-refractivity contribution < 1.29 is 4.79 Å². The fourth-order valence-electron chi connectivity index (χ4n) is 5.92. The average Bonchev–Trinajstić information content (AvgIpc) is 3.63. The van der Waals surface area contributed by atoms with E-state index in [1.807, 2.05) is 61.9 Å². The Morgan fingerprint density at radius 2 is 1.70 bits per heavy atom. The van der Waals surface area contributed by atoms with E-state index in [1.165, 1.54) is 6.42 Å². The monoisotopic (exact) mass is 488 g/mol. The van der Waals surface area contributed by atoms with Gasteiger partial charge in [-0.25, -0.2) is 4.99 Å². The number of pyridine rings is 1. The van der Waals surface area contributed by atoms with E-state index in [9.17, 15) is 4.79 Å². The lowest BCUT2D eigenvalue weighted by atomic mass is 10.1. The predicted octanol–water partition coefficient (Wildman–Crippen LogP) is 5.52. The summed E-state index contributed by atoms with van der Waals surface area (Å²) >= 11 is 0. The summed E-state index contributed by atoms with van der Waals surface area (Å²) in [4.78, 5) is 26.8. The van der Waals surface area contributed by atoms with Crippen molar-refractivity contribution in [3.63, 3.8) is 0 Å². The SMILES string of the molecule is CN1C(=O)c2c(cn(Cc3ccc(-c4ccncc4)cc3)c2Nc2ccccc2)N2C1=N[C@@H]1CCC[C@@H]12. The van der Waals surface area contributed by atoms with E-state index in [2.05, 4.69) is 50.2 Å². The second kappa shape index (κ2) is 8.62. The Bertz CT molecular complexity index is 1490. The first kappa shape index (κ1) is 21.9. The van der Waals surface area contributed by atoms with Gasteiger partial charge in [0.15, 0.2) is 0 Å². The topological polar surface area (TPSA) is 65.8 Å². The van der Waals surface area contributed by atoms with Gasteiger partial charge in [-0.3, -0.25) is 14.7 Å². The molecule has 0 radical (unpaired) electrons. The molecule has 7 heteroatoms. The maximum Gasteiger partial charge on any atom is 0.266 e. The molecule has 2 atom stereocenters. The molecule has 3 aliphatic rings. The summed E-state index contributed by atoms with van der Waals surface area (Å²) in [6, 6.07) is 23.3. The Hall–Kier alpha value is -4.39. The standard InChI is InChI=1S/C30H28N6O/c1-34-29(37)27-26(36-25-9-5-8-24(25)33-30(34)36)19-35(28(27)32-23-6-3-2-4-7-23)18-20-10-12-21(13-11-20)22-14-16-31-17-15-22/h2-4,6-7,10-17,19,24-25,32H,5,8-9,18H2,1H3/t24-,25+/m1/s1. The van der Waals surface area contributed by atoms with Gasteiger partial charge in [-0.15, -0.1) is 0 Å². The maximum atomic E-state index is 13.7. The van der Waals surface area contributed by atoms with E-state index in [-0.39, 0.29) is 11.9 Å². The van der Waals surface area contributed by atoms with E-state index >= 15 is 0 Å². The largest absolute Gasteiger partial charge is 0.341 e. The van der Waals surface area contributed by atoms with E-state index in [4.69, 9.17) is 4.99 Å². The Labute approximate surface area is 216 Å². The van der Waals surface area contributed by atoms with Gasteiger partial charge in [-0.2, -0.15) is 0 Å². The van der Waals surface area contributed by atoms with Crippen molar-refractivity contribution in [2.75, 3.05) is 17.3 Å². The van der Waals surface area contributed by atoms with Crippen molar-refractivity contribution in [3.8, 4) is 11.1 Å². The second-order valence-corrected chi connectivity index (χ2v) is 10.0. The first-order valence-electron chi connectivity index (χ1n) is 12.9. The summed E-state index contributed by atoms with van der Waals surface area (Å²) in [5, 5.41) is 3.57. The molecule has 7 nitrogen and oxygen atoms in total. The summed E-state index contributed by atoms with van der Waals surface area (Å²) in [5.74, 6) is 1.59. The van der Waals surface area contributed by atoms with Gasteiger partial charge in [0.05, 0.1) is 17.8 Å². The highest BCUT2D eigenvalue weighted by molar-refractivity contribution is 6.22. The third-order valence-electron chi connectivity index (χ3n) is 7.77. The fourth-order valence-corrected chi connectivity index (χ4v) is 5.92. The molecule has 1 N–H and O–H groups in total. The van der Waals surface area contributed by atoms with Crippen molar-refractivity contribution in [2.24, 2.45) is 4.99 Å². The number of hydrogen-bond donors (Lipinski definition) is 1. The first-order chi connectivity index (χ1) is 18.2. The summed E-state index contributed by atoms with van der Waals surface area (Å²) < 4.78 is 2.18. The van der Waals surface area contributed by atoms with Crippen LogP contribution in [0.2, 0.25) is 0 Å². The number of benzene rings is 2. The molecule has 0 spiro atoms. The number of anilines is 3. The molecule has 2 aliphatic heterocycles. The molecule has 1 aliphatic carbocycles. The van der Waals surface area contributed by atoms with Gasteiger partial charge in [0, 0.05) is 37.9 Å². The lowest BCUT2D eigenvalue weighted by molar-refractivity contribution is 0.0866. The van der Waals surface area contributed by atoms with Crippen LogP contribution in [0.25, 0.3) is 11.1 Å². The lowest BCUT2D eigenvalue weighted by Crippen LogP contribution is -2.51. The highest BCUT2D eigenvalue weighted by Crippen LogP contribution is 2.44. The van der Waals surface area contributed by atoms with Crippen LogP contribution in [-0.4, -0.2) is 45.4 Å². The van der Waals surface area contributed by atoms with E-state index in [0.717, 1.165) is 52.7 Å². The van der Waals surface area contributed by atoms with Crippen LogP contribution in [0, 0.1) is 0 Å². The third kappa shape index (κ3) is 3.61. The van der Waals surface area contributed by atoms with Gasteiger partial charge in [0.25, 0.3) is 5.91 Å². The molecule has 2 aromatic carbocycles. The minimum atomic E-state index is -0.0183. The van der Waals surface area contributed by atoms with Gasteiger partial charge in [0.2, 0.25) is 5.96 Å². The number of hydrogen-bond acceptors (Lipinski definition) is 5. The molecular weight excluding hydrogens is 460 g/mol. The zero-order chi connectivity index (χ0) is 24.9. The van der Waals surface area contributed by atoms with Gasteiger partial charge < -0.3 is 14.8 Å². The fraction of sp³-hybridized carbons (Fsp3) is 0.233. The number of carbonyl (C=O) groups excluding carboxylic acids is 1. The normalized spacial score (nSPS) is 19.9. The number of rotatable bonds is 5. The molecule has 0 bridgehead atoms. The smallest absolute Gasteiger partial charge is 0.266 e. The van der Waals surface area contributed by atoms with Crippen molar-refractivity contribution >= 4 is 29.1 Å². The molecule has 37 heavy (non-hydrogen) atoms. The number of nitrogens with zero attached hydrogens (tertiary/aromatic N) is 5. The number of guanidine groups is 1. The van der Waals surface area contributed by atoms with Crippen molar-refractivity contribution in [3.05, 3.63) is 96.4 Å². The summed E-state index contributed by atoms with van der Waals surface area (Å²) in [5.41, 5.74) is 6.09. The van der Waals surface area contributed by atoms with E-state index in [0.29, 0.717) is 18.2 Å². The number of fused-ring (bicyclic) bond motifs is 5. The number of amides is 1. The summed E-state index contributed by atoms with van der Waals surface area (Å²) in [6.07, 6.45) is 9.12. The zero-order valence-corrected chi connectivity index (χ0v) is 20.7. The Morgan fingerprint density at radius 3 is 2.49 bits per heavy atom. The second-order valence-electron chi connectivity index (χ2n) is 10.0. The van der Waals surface area contributed by atoms with Crippen molar-refractivity contribution in [1.29, 1.82) is 0 Å². The highest BCUT2D eigenvalue weighted by atomic mass is 16.2. The predicted molar refractivity (Wildman–Crippen MR) is 146 cm³/mol. The molecule has 4 aromatic rings. The Kier molecular flexibility index (Phi) is 5.09. The zero-order valence-electron chi connectivity index (χ0n) is 20.7. The minimum absolute atomic E-state index is 0.0183. The number of aromatic nitrogens is 2. The number of carbonyl (C=O) groups is 1. The average molecular weight is 489 g/mol. The van der Waals surface area contributed by atoms with Crippen molar-refractivity contribution in [1.82, 2.24) is 14.5 Å². The lowest BCUT2D eigenvalue weighted by Gasteiger charge is -2.35. The first-order valence-corrected chi connectivity index (χ1v) is 12.9. The maximum absolute atomic E-state index is 13.7. The molecule has 4 heterocycles. The number of para-hydroxylation sites is 1. The van der Waals surface area contributed by atoms with Crippen LogP contribution >= 0.6 is 0 Å². The van der Waals surface area contributed by atoms with E-state index in [1.54, 1.807) is 4.90 Å². The van der Waals surface area contributed by atoms with Crippen LogP contribution in [0.15, 0.2) is 90.3 Å². The molecule has 1 fully saturated rings. The molecule has 7 rings (SSSR count). The van der Waals surface area contributed by atoms with Gasteiger partial charge in [-0.05, 0) is 60.2 Å². The van der Waals surface area contributed by atoms with Gasteiger partial charge >= 0.3 is 0 Å². The third-order valence-corrected chi connectivity index (χ3v) is 7.77. The van der Waals surface area contributed by atoms with Crippen LogP contribution in [0.1, 0.15) is 35.2 Å². The highest BCUT2D eigenvalue weighted by Gasteiger charge is 2.48. The van der Waals surface area contributed by atoms with Crippen LogP contribution in [0.4, 0.5) is 17.2 Å². The van der Waals surface area contributed by atoms with E-state index < -0.39 is 0 Å². The molecular formula is C30H28N6O. The summed E-state index contributed by atoms with van der Waals surface area (Å²) in [7, 11) is 1.85. The minimum Gasteiger partial charge on any atom is -0.341 e. The van der Waals surface area contributed by atoms with Crippen LogP contribution in [0.5, 0.6) is 0 Å². The molecule has 0 unspecified atom stereocenters. The van der Waals surface area contributed by atoms with Crippen LogP contribution < -0.4 is 10.2 Å². The molecule has 0 saturated heterocycles. The summed E-state index contributed by atoms with van der Waals surface area (Å²) in [6.45, 7) is 0.643. The Morgan fingerprint density at radius 1 is 0.946 bits per heavy atom. The van der Waals surface area contributed by atoms with Gasteiger partial charge in [0.1, 0.15) is 11.4 Å². The Balaban J connectivity index is 1.30. The quantitative estimate of drug-likeness (QED) is 0.402. The molecule has 2 aromatic heterocycles.